The second kappa shape index (κ2) is 20.8. The molecule has 7 heterocycles. The predicted octanol–water partition coefficient (Wildman–Crippen LogP) is 5.01. The van der Waals surface area contributed by atoms with Crippen molar-refractivity contribution in [3.05, 3.63) is 71.1 Å². The molecule has 1 spiro atoms. The molecule has 18 nitrogen and oxygen atoms in total. The summed E-state index contributed by atoms with van der Waals surface area (Å²) in [6, 6.07) is 8.43. The summed E-state index contributed by atoms with van der Waals surface area (Å²) in [7, 11) is 0. The second-order valence-corrected chi connectivity index (χ2v) is 23.1. The predicted molar refractivity (Wildman–Crippen MR) is 277 cm³/mol. The van der Waals surface area contributed by atoms with Gasteiger partial charge in [0.1, 0.15) is 35.6 Å². The van der Waals surface area contributed by atoms with Gasteiger partial charge in [-0.1, -0.05) is 40.7 Å². The van der Waals surface area contributed by atoms with Gasteiger partial charge in [0.15, 0.2) is 0 Å². The minimum absolute atomic E-state index is 0.0333. The van der Waals surface area contributed by atoms with E-state index in [9.17, 15) is 28.8 Å². The van der Waals surface area contributed by atoms with Crippen LogP contribution in [0.4, 0.5) is 31.8 Å². The number of benzene rings is 2. The van der Waals surface area contributed by atoms with Gasteiger partial charge in [-0.15, -0.1) is 0 Å². The molecule has 9 rings (SSSR count). The van der Waals surface area contributed by atoms with E-state index in [0.717, 1.165) is 43.2 Å². The third kappa shape index (κ3) is 11.2. The first-order valence-electron chi connectivity index (χ1n) is 26.4. The zero-order valence-electron chi connectivity index (χ0n) is 43.8. The molecule has 20 heteroatoms. The number of amides is 6. The van der Waals surface area contributed by atoms with Gasteiger partial charge in [-0.25, -0.2) is 18.7 Å². The fraction of sp³-hybridized carbons (Fsp3) is 0.593. The van der Waals surface area contributed by atoms with Crippen LogP contribution < -0.4 is 31.1 Å². The highest BCUT2D eigenvalue weighted by molar-refractivity contribution is 6.25. The molecule has 0 radical (unpaired) electrons. The average Bonchev–Trinajstić information content (AvgIpc) is 3.62. The van der Waals surface area contributed by atoms with Gasteiger partial charge in [0.25, 0.3) is 11.8 Å². The summed E-state index contributed by atoms with van der Waals surface area (Å²) in [6.07, 6.45) is 5.92. The quantitative estimate of drug-likeness (QED) is 0.149. The lowest BCUT2D eigenvalue weighted by atomic mass is 9.76. The molecule has 1 aromatic heterocycles. The summed E-state index contributed by atoms with van der Waals surface area (Å²) in [5.74, 6) is -1.96. The normalized spacial score (nSPS) is 22.4. The molecule has 6 aliphatic rings. The Labute approximate surface area is 432 Å². The van der Waals surface area contributed by atoms with E-state index in [-0.39, 0.29) is 53.4 Å². The fourth-order valence-corrected chi connectivity index (χ4v) is 11.9. The molecule has 4 N–H and O–H groups in total. The number of anilines is 4. The molecular formula is C54H72F2N12O6. The lowest BCUT2D eigenvalue weighted by molar-refractivity contribution is -0.143. The van der Waals surface area contributed by atoms with Crippen molar-refractivity contribution < 1.29 is 37.5 Å². The van der Waals surface area contributed by atoms with E-state index in [1.165, 1.54) is 18.5 Å². The maximum Gasteiger partial charge on any atom is 0.264 e. The monoisotopic (exact) mass is 1020 g/mol. The molecule has 398 valence electrons. The molecule has 2 aromatic carbocycles. The molecule has 0 aliphatic carbocycles. The fourth-order valence-electron chi connectivity index (χ4n) is 11.9. The van der Waals surface area contributed by atoms with Crippen molar-refractivity contribution in [2.24, 2.45) is 10.8 Å². The molecule has 5 fully saturated rings. The highest BCUT2D eigenvalue weighted by atomic mass is 19.1. The van der Waals surface area contributed by atoms with E-state index < -0.39 is 57.8 Å². The number of likely N-dealkylation sites (tertiary alicyclic amines) is 1. The highest BCUT2D eigenvalue weighted by Gasteiger charge is 2.47. The number of carbonyl (C=O) groups excluding carboxylic acids is 6. The maximum absolute atomic E-state index is 15.7. The lowest BCUT2D eigenvalue weighted by Gasteiger charge is -2.48. The van der Waals surface area contributed by atoms with Gasteiger partial charge in [0.2, 0.25) is 23.6 Å². The van der Waals surface area contributed by atoms with E-state index in [0.29, 0.717) is 102 Å². The Bertz CT molecular complexity index is 2680. The highest BCUT2D eigenvalue weighted by Crippen LogP contribution is 2.39. The SMILES string of the molecule is CCC(C)(CC(C)(C)C(=O)N1CCN(CCNc2cc(N3CCC4(CC3)CN(c3cc(F)c(CN5CCC(C)(C)CC5)cc3F)CC(=O)N4)ncn2)CC1)Nc1cccc2c1C(=O)N(C1CCC(=O)NC1=O)C2=O. The number of imide groups is 2. The Morgan fingerprint density at radius 1 is 0.838 bits per heavy atom. The average molecular weight is 1020 g/mol. The number of nitrogens with one attached hydrogen (secondary N) is 4. The number of hydrogen-bond donors (Lipinski definition) is 4. The van der Waals surface area contributed by atoms with Crippen molar-refractivity contribution in [3.63, 3.8) is 0 Å². The topological polar surface area (TPSA) is 196 Å². The third-order valence-electron chi connectivity index (χ3n) is 16.5. The molecule has 6 aliphatic heterocycles. The van der Waals surface area contributed by atoms with Crippen LogP contribution in [0.15, 0.2) is 42.7 Å². The van der Waals surface area contributed by atoms with Crippen molar-refractivity contribution in [3.8, 4) is 0 Å². The minimum Gasteiger partial charge on any atom is -0.379 e. The van der Waals surface area contributed by atoms with Crippen LogP contribution in [-0.2, 0) is 25.7 Å². The van der Waals surface area contributed by atoms with Crippen LogP contribution in [0.3, 0.4) is 0 Å². The van der Waals surface area contributed by atoms with E-state index >= 15 is 8.78 Å². The number of carbonyl (C=O) groups is 6. The van der Waals surface area contributed by atoms with Gasteiger partial charge in [0, 0.05) is 106 Å². The zero-order chi connectivity index (χ0) is 52.7. The van der Waals surface area contributed by atoms with Crippen LogP contribution in [-0.4, -0.2) is 161 Å². The largest absolute Gasteiger partial charge is 0.379 e. The van der Waals surface area contributed by atoms with Crippen molar-refractivity contribution in [1.29, 1.82) is 0 Å². The first kappa shape index (κ1) is 52.6. The number of nitrogens with zero attached hydrogens (tertiary/aromatic N) is 8. The van der Waals surface area contributed by atoms with E-state index in [4.69, 9.17) is 0 Å². The van der Waals surface area contributed by atoms with Crippen LogP contribution in [0.5, 0.6) is 0 Å². The van der Waals surface area contributed by atoms with Gasteiger partial charge in [-0.2, -0.15) is 0 Å². The van der Waals surface area contributed by atoms with Crippen LogP contribution >= 0.6 is 0 Å². The summed E-state index contributed by atoms with van der Waals surface area (Å²) in [5.41, 5.74) is -0.480. The molecule has 0 bridgehead atoms. The van der Waals surface area contributed by atoms with Gasteiger partial charge in [-0.3, -0.25) is 48.8 Å². The molecule has 2 atom stereocenters. The van der Waals surface area contributed by atoms with E-state index in [1.54, 1.807) is 23.1 Å². The number of hydrogen-bond acceptors (Lipinski definition) is 14. The van der Waals surface area contributed by atoms with Gasteiger partial charge in [-0.05, 0) is 88.6 Å². The Balaban J connectivity index is 0.731. The first-order valence-corrected chi connectivity index (χ1v) is 26.4. The maximum atomic E-state index is 15.7. The summed E-state index contributed by atoms with van der Waals surface area (Å²) < 4.78 is 31.3. The Morgan fingerprint density at radius 3 is 2.27 bits per heavy atom. The summed E-state index contributed by atoms with van der Waals surface area (Å²) in [5, 5.41) is 12.4. The van der Waals surface area contributed by atoms with Gasteiger partial charge < -0.3 is 30.7 Å². The van der Waals surface area contributed by atoms with Crippen LogP contribution in [0.2, 0.25) is 0 Å². The van der Waals surface area contributed by atoms with Crippen molar-refractivity contribution in [2.45, 2.75) is 117 Å². The van der Waals surface area contributed by atoms with E-state index in [1.807, 2.05) is 38.7 Å². The Hall–Kier alpha value is -6.28. The van der Waals surface area contributed by atoms with Crippen LogP contribution in [0.25, 0.3) is 0 Å². The van der Waals surface area contributed by atoms with Crippen molar-refractivity contribution in [2.75, 3.05) is 99.0 Å². The van der Waals surface area contributed by atoms with Crippen LogP contribution in [0.1, 0.15) is 119 Å². The smallest absolute Gasteiger partial charge is 0.264 e. The number of piperazine rings is 2. The Kier molecular flexibility index (Phi) is 14.8. The standard InChI is InChI=1S/C54H72F2N12O6/c1-7-53(6,61-39-10-8-9-36-46(39)49(73)68(48(36)72)40-11-12-44(69)60-47(40)71)32-52(4,5)50(74)66-25-23-63(24-26-66)22-17-57-42-29-43(59-34-58-42)65-20-15-54(16-21-65)33-67(31-45(70)62-54)41-28-37(55)35(27-38(41)56)30-64-18-13-51(2,3)14-19-64/h8-10,27-29,34,40,61H,7,11-26,30-33H2,1-6H3,(H,62,70)(H,57,58,59)(H,60,69,71). The number of aromatic nitrogens is 2. The van der Waals surface area contributed by atoms with Crippen molar-refractivity contribution >= 4 is 58.5 Å². The molecule has 3 aromatic rings. The summed E-state index contributed by atoms with van der Waals surface area (Å²) >= 11 is 0. The number of fused-ring (bicyclic) bond motifs is 1. The summed E-state index contributed by atoms with van der Waals surface area (Å²) in [4.78, 5) is 99.4. The molecule has 5 saturated heterocycles. The van der Waals surface area contributed by atoms with E-state index in [2.05, 4.69) is 59.8 Å². The number of rotatable bonds is 15. The summed E-state index contributed by atoms with van der Waals surface area (Å²) in [6.45, 7) is 19.9. The molecule has 74 heavy (non-hydrogen) atoms. The molecule has 6 amide bonds. The Morgan fingerprint density at radius 2 is 1.57 bits per heavy atom. The molecular weight excluding hydrogens is 951 g/mol. The van der Waals surface area contributed by atoms with Crippen LogP contribution in [0, 0.1) is 22.5 Å². The third-order valence-corrected chi connectivity index (χ3v) is 16.5. The lowest BCUT2D eigenvalue weighted by Crippen LogP contribution is -2.66. The van der Waals surface area contributed by atoms with Gasteiger partial charge in [0.05, 0.1) is 28.9 Å². The molecule has 2 unspecified atom stereocenters. The van der Waals surface area contributed by atoms with Crippen molar-refractivity contribution in [1.82, 2.24) is 40.2 Å². The molecule has 0 saturated carbocycles. The minimum atomic E-state index is -1.07. The second-order valence-electron chi connectivity index (χ2n) is 23.1. The number of halogens is 2. The van der Waals surface area contributed by atoms with Gasteiger partial charge >= 0.3 is 0 Å². The first-order chi connectivity index (χ1) is 35.1. The zero-order valence-corrected chi connectivity index (χ0v) is 43.8. The number of piperidine rings is 3.